The van der Waals surface area contributed by atoms with Gasteiger partial charge < -0.3 is 14.4 Å². The van der Waals surface area contributed by atoms with E-state index >= 15 is 0 Å². The van der Waals surface area contributed by atoms with Gasteiger partial charge in [-0.05, 0) is 92.4 Å². The van der Waals surface area contributed by atoms with Crippen molar-refractivity contribution in [3.63, 3.8) is 0 Å². The summed E-state index contributed by atoms with van der Waals surface area (Å²) < 4.78 is 16.2. The van der Waals surface area contributed by atoms with E-state index in [2.05, 4.69) is 176 Å². The lowest BCUT2D eigenvalue weighted by molar-refractivity contribution is 0.464. The summed E-state index contributed by atoms with van der Waals surface area (Å²) >= 11 is 1.87. The first-order chi connectivity index (χ1) is 25.2. The second kappa shape index (κ2) is 11.8. The van der Waals surface area contributed by atoms with Crippen LogP contribution in [0.3, 0.4) is 0 Å². The van der Waals surface area contributed by atoms with Crippen LogP contribution >= 0.6 is 11.3 Å². The van der Waals surface area contributed by atoms with E-state index in [9.17, 15) is 0 Å². The molecule has 2 aliphatic rings. The van der Waals surface area contributed by atoms with Crippen molar-refractivity contribution in [2.75, 3.05) is 4.90 Å². The summed E-state index contributed by atoms with van der Waals surface area (Å²) in [5.41, 5.74) is 10.9. The fraction of sp³-hybridized carbons (Fsp3) is 0.250. The van der Waals surface area contributed by atoms with Crippen molar-refractivity contribution in [1.82, 2.24) is 0 Å². The van der Waals surface area contributed by atoms with E-state index in [1.165, 1.54) is 47.8 Å². The van der Waals surface area contributed by atoms with E-state index in [0.717, 1.165) is 45.5 Å². The second-order valence-electron chi connectivity index (χ2n) is 17.8. The highest BCUT2D eigenvalue weighted by Crippen LogP contribution is 2.49. The van der Waals surface area contributed by atoms with Crippen molar-refractivity contribution < 1.29 is 9.47 Å². The van der Waals surface area contributed by atoms with Crippen LogP contribution in [0.4, 0.5) is 17.1 Å². The molecule has 0 bridgehead atoms. The smallest absolute Gasteiger partial charge is 0.262 e. The third-order valence-corrected chi connectivity index (χ3v) is 12.3. The highest BCUT2D eigenvalue weighted by molar-refractivity contribution is 7.28. The Bertz CT molecular complexity index is 2510. The van der Waals surface area contributed by atoms with Crippen LogP contribution < -0.4 is 30.8 Å². The molecule has 0 aliphatic carbocycles. The molecule has 3 nitrogen and oxygen atoms in total. The van der Waals surface area contributed by atoms with Gasteiger partial charge in [0, 0.05) is 43.1 Å². The fourth-order valence-electron chi connectivity index (χ4n) is 8.07. The minimum atomic E-state index is -0.0359. The maximum atomic E-state index is 7.03. The van der Waals surface area contributed by atoms with Gasteiger partial charge in [-0.25, -0.2) is 0 Å². The van der Waals surface area contributed by atoms with Crippen LogP contribution in [0.1, 0.15) is 79.0 Å². The lowest BCUT2D eigenvalue weighted by Crippen LogP contribution is -2.57. The minimum absolute atomic E-state index is 0.00874. The summed E-state index contributed by atoms with van der Waals surface area (Å²) in [6.07, 6.45) is 0. The molecule has 3 heterocycles. The highest BCUT2D eigenvalue weighted by Gasteiger charge is 2.43. The normalized spacial score (nSPS) is 13.6. The van der Waals surface area contributed by atoms with Crippen molar-refractivity contribution in [2.45, 2.75) is 78.6 Å². The zero-order valence-electron chi connectivity index (χ0n) is 32.2. The summed E-state index contributed by atoms with van der Waals surface area (Å²) in [4.78, 5) is 2.44. The molecular weight excluding hydrogens is 665 g/mol. The number of ether oxygens (including phenoxy) is 2. The fourth-order valence-corrected chi connectivity index (χ4v) is 9.36. The molecule has 264 valence electrons. The van der Waals surface area contributed by atoms with E-state index in [-0.39, 0.29) is 23.0 Å². The number of anilines is 3. The first kappa shape index (κ1) is 33.8. The maximum Gasteiger partial charge on any atom is 0.262 e. The molecule has 5 heteroatoms. The van der Waals surface area contributed by atoms with Crippen LogP contribution in [0.5, 0.6) is 23.0 Å². The number of rotatable bonds is 3. The lowest BCUT2D eigenvalue weighted by Gasteiger charge is -2.35. The monoisotopic (exact) mass is 711 g/mol. The highest BCUT2D eigenvalue weighted by atomic mass is 32.1. The molecule has 0 amide bonds. The Balaban J connectivity index is 1.35. The SMILES string of the molecule is CC(C)(C)c1ccc(N(c2ccc(C(C)(C)C)cc2)c2cc3c(c4sc5ccccc5c24)B2c4cc(C(C)(C)C)ccc4Oc4cccc(c42)O3)cc1. The van der Waals surface area contributed by atoms with Gasteiger partial charge in [-0.3, -0.25) is 0 Å². The second-order valence-corrected chi connectivity index (χ2v) is 18.9. The molecule has 0 saturated carbocycles. The molecule has 0 saturated heterocycles. The molecule has 0 N–H and O–H groups in total. The Labute approximate surface area is 318 Å². The Morgan fingerprint density at radius 2 is 1.06 bits per heavy atom. The number of nitrogens with zero attached hydrogens (tertiary/aromatic N) is 1. The molecular formula is C48H46BNO2S. The summed E-state index contributed by atoms with van der Waals surface area (Å²) in [6.45, 7) is 20.4. The first-order valence-corrected chi connectivity index (χ1v) is 19.6. The summed E-state index contributed by atoms with van der Waals surface area (Å²) in [7, 11) is 0. The van der Waals surface area contributed by atoms with Crippen molar-refractivity contribution >= 4 is 71.7 Å². The predicted octanol–water partition coefficient (Wildman–Crippen LogP) is 12.1. The quantitative estimate of drug-likeness (QED) is 0.170. The third-order valence-electron chi connectivity index (χ3n) is 11.1. The zero-order chi connectivity index (χ0) is 37.0. The Morgan fingerprint density at radius 3 is 1.64 bits per heavy atom. The average molecular weight is 712 g/mol. The maximum absolute atomic E-state index is 7.03. The Hall–Kier alpha value is -5.00. The number of hydrogen-bond acceptors (Lipinski definition) is 4. The summed E-state index contributed by atoms with van der Waals surface area (Å²) in [5.74, 6) is 3.53. The van der Waals surface area contributed by atoms with Crippen molar-refractivity contribution in [3.05, 3.63) is 132 Å². The van der Waals surface area contributed by atoms with Crippen LogP contribution in [0.25, 0.3) is 20.2 Å². The summed E-state index contributed by atoms with van der Waals surface area (Å²) in [5, 5.41) is 2.50. The average Bonchev–Trinajstić information content (AvgIpc) is 3.50. The molecule has 6 aromatic carbocycles. The van der Waals surface area contributed by atoms with Gasteiger partial charge in [-0.1, -0.05) is 123 Å². The molecule has 1 aromatic heterocycles. The van der Waals surface area contributed by atoms with Gasteiger partial charge in [-0.2, -0.15) is 0 Å². The van der Waals surface area contributed by atoms with Crippen molar-refractivity contribution in [3.8, 4) is 23.0 Å². The lowest BCUT2D eigenvalue weighted by atomic mass is 9.34. The largest absolute Gasteiger partial charge is 0.458 e. The number of benzene rings is 6. The zero-order valence-corrected chi connectivity index (χ0v) is 33.0. The van der Waals surface area contributed by atoms with Crippen LogP contribution in [0.2, 0.25) is 0 Å². The van der Waals surface area contributed by atoms with E-state index in [0.29, 0.717) is 0 Å². The predicted molar refractivity (Wildman–Crippen MR) is 228 cm³/mol. The number of thiophene rings is 1. The number of fused-ring (bicyclic) bond motifs is 8. The summed E-state index contributed by atoms with van der Waals surface area (Å²) in [6, 6.07) is 42.4. The van der Waals surface area contributed by atoms with Crippen LogP contribution in [-0.2, 0) is 16.2 Å². The van der Waals surface area contributed by atoms with E-state index in [4.69, 9.17) is 9.47 Å². The van der Waals surface area contributed by atoms with Crippen molar-refractivity contribution in [1.29, 1.82) is 0 Å². The van der Waals surface area contributed by atoms with Crippen LogP contribution in [0.15, 0.2) is 115 Å². The first-order valence-electron chi connectivity index (χ1n) is 18.8. The van der Waals surface area contributed by atoms with Crippen LogP contribution in [0, 0.1) is 0 Å². The van der Waals surface area contributed by atoms with Gasteiger partial charge in [-0.15, -0.1) is 11.3 Å². The van der Waals surface area contributed by atoms with E-state index in [1.54, 1.807) is 0 Å². The van der Waals surface area contributed by atoms with Gasteiger partial charge in [0.05, 0.1) is 5.69 Å². The van der Waals surface area contributed by atoms with Crippen LogP contribution in [-0.4, -0.2) is 6.71 Å². The van der Waals surface area contributed by atoms with Gasteiger partial charge in [0.25, 0.3) is 6.71 Å². The third kappa shape index (κ3) is 5.55. The van der Waals surface area contributed by atoms with Gasteiger partial charge in [0.15, 0.2) is 0 Å². The molecule has 0 spiro atoms. The number of hydrogen-bond donors (Lipinski definition) is 0. The molecule has 7 aromatic rings. The molecule has 0 radical (unpaired) electrons. The molecule has 0 atom stereocenters. The Morgan fingerprint density at radius 1 is 0.509 bits per heavy atom. The molecule has 2 aliphatic heterocycles. The molecule has 0 fully saturated rings. The minimum Gasteiger partial charge on any atom is -0.458 e. The topological polar surface area (TPSA) is 21.7 Å². The molecule has 0 unspecified atom stereocenters. The van der Waals surface area contributed by atoms with Gasteiger partial charge in [0.2, 0.25) is 0 Å². The standard InChI is InChI=1S/C48H46BNO2S/c1-46(2,3)29-17-22-32(23-18-29)50(33-24-19-30(20-25-33)47(4,5)6)36-28-40-44(45-42(36)34-13-10-11-16-41(34)53-45)49-35-27-31(48(7,8)9)21-26-37(35)51-38-14-12-15-39(52-40)43(38)49/h10-28H,1-9H3. The Kier molecular flexibility index (Phi) is 7.50. The van der Waals surface area contributed by atoms with E-state index in [1.807, 2.05) is 17.4 Å². The molecule has 53 heavy (non-hydrogen) atoms. The molecule has 9 rings (SSSR count). The van der Waals surface area contributed by atoms with Gasteiger partial charge in [0.1, 0.15) is 23.0 Å². The van der Waals surface area contributed by atoms with E-state index < -0.39 is 0 Å². The van der Waals surface area contributed by atoms with Crippen molar-refractivity contribution in [2.24, 2.45) is 0 Å². The van der Waals surface area contributed by atoms with Gasteiger partial charge >= 0.3 is 0 Å².